The number of anilines is 3. The van der Waals surface area contributed by atoms with Crippen LogP contribution in [0.2, 0.25) is 0 Å². The van der Waals surface area contributed by atoms with E-state index in [0.29, 0.717) is 36.9 Å². The van der Waals surface area contributed by atoms with Crippen LogP contribution in [-0.2, 0) is 11.3 Å². The van der Waals surface area contributed by atoms with Gasteiger partial charge in [0.15, 0.2) is 5.65 Å². The van der Waals surface area contributed by atoms with Gasteiger partial charge in [0.25, 0.3) is 5.91 Å². The molecular weight excluding hydrogens is 509 g/mol. The van der Waals surface area contributed by atoms with E-state index in [-0.39, 0.29) is 11.7 Å². The van der Waals surface area contributed by atoms with E-state index in [1.54, 1.807) is 28.8 Å². The van der Waals surface area contributed by atoms with Crippen LogP contribution >= 0.6 is 0 Å². The second kappa shape index (κ2) is 11.1. The molecule has 6 rings (SSSR count). The van der Waals surface area contributed by atoms with Gasteiger partial charge in [0.1, 0.15) is 11.6 Å². The maximum absolute atomic E-state index is 13.1. The lowest BCUT2D eigenvalue weighted by Gasteiger charge is -2.28. The molecule has 1 aliphatic rings. The number of fused-ring (bicyclic) bond motifs is 1. The minimum absolute atomic E-state index is 0.193. The zero-order valence-corrected chi connectivity index (χ0v) is 22.0. The Morgan fingerprint density at radius 2 is 1.68 bits per heavy atom. The number of ether oxygens (including phenoxy) is 1. The third-order valence-corrected chi connectivity index (χ3v) is 6.83. The molecule has 1 fully saturated rings. The normalized spacial score (nSPS) is 13.4. The molecule has 0 unspecified atom stereocenters. The minimum Gasteiger partial charge on any atom is -0.378 e. The highest BCUT2D eigenvalue weighted by Gasteiger charge is 2.14. The number of nitrogens with zero attached hydrogens (tertiary/aromatic N) is 5. The molecular formula is C30H28FN7O2. The van der Waals surface area contributed by atoms with Crippen LogP contribution in [0.4, 0.5) is 21.8 Å². The summed E-state index contributed by atoms with van der Waals surface area (Å²) in [6.45, 7) is 5.39. The molecule has 0 aliphatic carbocycles. The Kier molecular flexibility index (Phi) is 7.07. The van der Waals surface area contributed by atoms with E-state index >= 15 is 0 Å². The fraction of sp³-hybridized carbons (Fsp3) is 0.200. The summed E-state index contributed by atoms with van der Waals surface area (Å²) >= 11 is 0. The van der Waals surface area contributed by atoms with E-state index in [9.17, 15) is 9.18 Å². The molecule has 9 nitrogen and oxygen atoms in total. The summed E-state index contributed by atoms with van der Waals surface area (Å²) < 4.78 is 20.2. The fourth-order valence-electron chi connectivity index (χ4n) is 4.58. The van der Waals surface area contributed by atoms with Crippen LogP contribution < -0.4 is 15.5 Å². The van der Waals surface area contributed by atoms with Crippen LogP contribution in [0.25, 0.3) is 16.8 Å². The number of nitrogens with one attached hydrogen (secondary N) is 2. The molecule has 0 radical (unpaired) electrons. The molecule has 1 amide bonds. The molecule has 1 saturated heterocycles. The predicted molar refractivity (Wildman–Crippen MR) is 151 cm³/mol. The van der Waals surface area contributed by atoms with E-state index in [4.69, 9.17) is 9.72 Å². The molecule has 0 atom stereocenters. The molecule has 0 saturated carbocycles. The van der Waals surface area contributed by atoms with E-state index < -0.39 is 0 Å². The third kappa shape index (κ3) is 5.62. The first-order chi connectivity index (χ1) is 19.5. The molecule has 4 heterocycles. The van der Waals surface area contributed by atoms with Crippen molar-refractivity contribution in [1.29, 1.82) is 0 Å². The van der Waals surface area contributed by atoms with E-state index in [0.717, 1.165) is 47.0 Å². The lowest BCUT2D eigenvalue weighted by molar-refractivity contribution is 0.0951. The van der Waals surface area contributed by atoms with Crippen molar-refractivity contribution in [3.8, 4) is 11.1 Å². The first-order valence-corrected chi connectivity index (χ1v) is 13.1. The molecule has 40 heavy (non-hydrogen) atoms. The van der Waals surface area contributed by atoms with Crippen molar-refractivity contribution in [3.63, 3.8) is 0 Å². The number of rotatable bonds is 7. The molecule has 5 aromatic rings. The monoisotopic (exact) mass is 537 g/mol. The highest BCUT2D eigenvalue weighted by atomic mass is 19.1. The van der Waals surface area contributed by atoms with Crippen LogP contribution in [0, 0.1) is 12.7 Å². The number of pyridine rings is 2. The molecule has 2 aromatic carbocycles. The van der Waals surface area contributed by atoms with Crippen LogP contribution in [0.1, 0.15) is 21.6 Å². The van der Waals surface area contributed by atoms with Gasteiger partial charge in [-0.15, -0.1) is 5.10 Å². The summed E-state index contributed by atoms with van der Waals surface area (Å²) in [4.78, 5) is 24.1. The van der Waals surface area contributed by atoms with Gasteiger partial charge < -0.3 is 20.3 Å². The molecule has 0 bridgehead atoms. The van der Waals surface area contributed by atoms with Crippen molar-refractivity contribution in [3.05, 3.63) is 102 Å². The largest absolute Gasteiger partial charge is 0.378 e. The summed E-state index contributed by atoms with van der Waals surface area (Å²) in [6.07, 6.45) is 1.91. The second-order valence-electron chi connectivity index (χ2n) is 9.57. The lowest BCUT2D eigenvalue weighted by atomic mass is 10.1. The van der Waals surface area contributed by atoms with Crippen LogP contribution in [0.15, 0.2) is 79.0 Å². The van der Waals surface area contributed by atoms with Gasteiger partial charge in [-0.05, 0) is 66.6 Å². The number of carbonyl (C=O) groups excluding carboxylic acids is 1. The first-order valence-electron chi connectivity index (χ1n) is 13.1. The number of aryl methyl sites for hydroxylation is 1. The zero-order valence-electron chi connectivity index (χ0n) is 22.0. The Morgan fingerprint density at radius 3 is 2.42 bits per heavy atom. The van der Waals surface area contributed by atoms with Gasteiger partial charge in [0, 0.05) is 37.0 Å². The van der Waals surface area contributed by atoms with Gasteiger partial charge in [-0.2, -0.15) is 4.98 Å². The maximum atomic E-state index is 13.1. The van der Waals surface area contributed by atoms with Gasteiger partial charge in [-0.25, -0.2) is 13.9 Å². The standard InChI is InChI=1S/C30H28FN7O2/c1-20-26(11-13-27(33-20)37-14-16-40-17-15-37)34-30-35-28-12-8-24(19-38(28)36-30)22-4-6-23(7-5-22)29(39)32-18-21-2-9-25(31)10-3-21/h2-13,19H,14-18H2,1H3,(H,32,39)(H,34,36). The maximum Gasteiger partial charge on any atom is 0.251 e. The van der Waals surface area contributed by atoms with E-state index in [2.05, 4.69) is 25.6 Å². The smallest absolute Gasteiger partial charge is 0.251 e. The van der Waals surface area contributed by atoms with Gasteiger partial charge in [-0.3, -0.25) is 4.79 Å². The third-order valence-electron chi connectivity index (χ3n) is 6.83. The van der Waals surface area contributed by atoms with Crippen molar-refractivity contribution in [2.45, 2.75) is 13.5 Å². The Bertz CT molecular complexity index is 1650. The van der Waals surface area contributed by atoms with E-state index in [1.165, 1.54) is 12.1 Å². The predicted octanol–water partition coefficient (Wildman–Crippen LogP) is 4.75. The summed E-state index contributed by atoms with van der Waals surface area (Å²) in [5.41, 5.74) is 5.68. The summed E-state index contributed by atoms with van der Waals surface area (Å²) in [5.74, 6) is 0.926. The quantitative estimate of drug-likeness (QED) is 0.309. The first kappa shape index (κ1) is 25.4. The number of carbonyl (C=O) groups is 1. The Balaban J connectivity index is 1.12. The van der Waals surface area contributed by atoms with Gasteiger partial charge in [0.2, 0.25) is 5.95 Å². The van der Waals surface area contributed by atoms with Crippen molar-refractivity contribution in [2.75, 3.05) is 36.5 Å². The summed E-state index contributed by atoms with van der Waals surface area (Å²) in [7, 11) is 0. The number of hydrogen-bond acceptors (Lipinski definition) is 7. The van der Waals surface area contributed by atoms with Crippen LogP contribution in [-0.4, -0.2) is 51.8 Å². The number of morpholine rings is 1. The van der Waals surface area contributed by atoms with Crippen LogP contribution in [0.3, 0.4) is 0 Å². The van der Waals surface area contributed by atoms with Crippen molar-refractivity contribution in [2.24, 2.45) is 0 Å². The second-order valence-corrected chi connectivity index (χ2v) is 9.57. The van der Waals surface area contributed by atoms with Gasteiger partial charge >= 0.3 is 0 Å². The van der Waals surface area contributed by atoms with Crippen molar-refractivity contribution >= 4 is 29.0 Å². The Morgan fingerprint density at radius 1 is 0.925 bits per heavy atom. The molecule has 2 N–H and O–H groups in total. The Hall–Kier alpha value is -4.83. The lowest BCUT2D eigenvalue weighted by Crippen LogP contribution is -2.36. The average molecular weight is 538 g/mol. The van der Waals surface area contributed by atoms with E-state index in [1.807, 2.05) is 49.5 Å². The zero-order chi connectivity index (χ0) is 27.5. The minimum atomic E-state index is -0.302. The number of halogens is 1. The highest BCUT2D eigenvalue weighted by Crippen LogP contribution is 2.24. The number of aromatic nitrogens is 4. The topological polar surface area (TPSA) is 96.7 Å². The van der Waals surface area contributed by atoms with Crippen LogP contribution in [0.5, 0.6) is 0 Å². The molecule has 3 aromatic heterocycles. The number of amides is 1. The molecule has 202 valence electrons. The Labute approximate surface area is 230 Å². The fourth-order valence-corrected chi connectivity index (χ4v) is 4.58. The molecule has 1 aliphatic heterocycles. The molecule has 10 heteroatoms. The van der Waals surface area contributed by atoms with Crippen molar-refractivity contribution < 1.29 is 13.9 Å². The summed E-state index contributed by atoms with van der Waals surface area (Å²) in [6, 6.07) is 21.3. The summed E-state index contributed by atoms with van der Waals surface area (Å²) in [5, 5.41) is 10.8. The van der Waals surface area contributed by atoms with Gasteiger partial charge in [-0.1, -0.05) is 24.3 Å². The average Bonchev–Trinajstić information content (AvgIpc) is 3.40. The SMILES string of the molecule is Cc1nc(N2CCOCC2)ccc1Nc1nc2ccc(-c3ccc(C(=O)NCc4ccc(F)cc4)cc3)cn2n1. The molecule has 0 spiro atoms. The number of benzene rings is 2. The highest BCUT2D eigenvalue weighted by molar-refractivity contribution is 5.94. The number of hydrogen-bond donors (Lipinski definition) is 2. The van der Waals surface area contributed by atoms with Gasteiger partial charge in [0.05, 0.1) is 24.6 Å². The van der Waals surface area contributed by atoms with Crippen molar-refractivity contribution in [1.82, 2.24) is 24.9 Å².